The second-order valence-corrected chi connectivity index (χ2v) is 5.45. The number of hydrazine groups is 1. The van der Waals surface area contributed by atoms with Crippen molar-refractivity contribution in [2.45, 2.75) is 0 Å². The number of rotatable bonds is 7. The molecule has 3 rings (SSSR count). The minimum absolute atomic E-state index is 0.0137. The number of hydrogen-bond donors (Lipinski definition) is 3. The van der Waals surface area contributed by atoms with Crippen LogP contribution in [0.2, 0.25) is 0 Å². The van der Waals surface area contributed by atoms with Crippen molar-refractivity contribution in [3.8, 4) is 5.75 Å². The van der Waals surface area contributed by atoms with E-state index in [0.717, 1.165) is 6.33 Å². The molecule has 3 aromatic rings. The minimum atomic E-state index is -0.636. The molecular weight excluding hydrogens is 364 g/mol. The molecule has 0 aliphatic rings. The van der Waals surface area contributed by atoms with Crippen molar-refractivity contribution in [2.75, 3.05) is 17.9 Å². The Morgan fingerprint density at radius 1 is 1.04 bits per heavy atom. The number of benzene rings is 2. The molecule has 3 N–H and O–H groups in total. The van der Waals surface area contributed by atoms with Crippen LogP contribution < -0.4 is 20.9 Å². The number of ether oxygens (including phenoxy) is 1. The van der Waals surface area contributed by atoms with E-state index in [9.17, 15) is 14.9 Å². The second-order valence-electron chi connectivity index (χ2n) is 5.45. The lowest BCUT2D eigenvalue weighted by molar-refractivity contribution is -0.383. The Morgan fingerprint density at radius 3 is 2.43 bits per heavy atom. The summed E-state index contributed by atoms with van der Waals surface area (Å²) in [5, 5.41) is 14.4. The molecule has 2 aromatic carbocycles. The molecule has 1 aromatic heterocycles. The van der Waals surface area contributed by atoms with Gasteiger partial charge in [-0.05, 0) is 24.3 Å². The first-order chi connectivity index (χ1) is 13.6. The van der Waals surface area contributed by atoms with Crippen LogP contribution >= 0.6 is 0 Å². The molecule has 0 saturated carbocycles. The molecule has 1 heterocycles. The lowest BCUT2D eigenvalue weighted by Gasteiger charge is -2.12. The summed E-state index contributed by atoms with van der Waals surface area (Å²) in [6, 6.07) is 15.4. The van der Waals surface area contributed by atoms with Crippen molar-refractivity contribution in [1.29, 1.82) is 0 Å². The number of carbonyl (C=O) groups is 1. The summed E-state index contributed by atoms with van der Waals surface area (Å²) in [6.45, 7) is 0. The van der Waals surface area contributed by atoms with Gasteiger partial charge in [0.05, 0.1) is 17.6 Å². The van der Waals surface area contributed by atoms with Crippen LogP contribution in [0.3, 0.4) is 0 Å². The first kappa shape index (κ1) is 18.6. The lowest BCUT2D eigenvalue weighted by Crippen LogP contribution is -2.30. The number of aromatic nitrogens is 2. The molecule has 0 bridgehead atoms. The van der Waals surface area contributed by atoms with E-state index in [4.69, 9.17) is 4.74 Å². The molecule has 0 unspecified atom stereocenters. The number of nitro groups is 1. The number of carbonyl (C=O) groups excluding carboxylic acids is 1. The van der Waals surface area contributed by atoms with E-state index >= 15 is 0 Å². The maximum Gasteiger partial charge on any atom is 0.355 e. The van der Waals surface area contributed by atoms with E-state index in [1.165, 1.54) is 7.11 Å². The SMILES string of the molecule is COc1ccccc1C(=O)NNc1ncnc(Nc2ccccc2)c1[N+](=O)[O-]. The van der Waals surface area contributed by atoms with Gasteiger partial charge in [-0.1, -0.05) is 30.3 Å². The quantitative estimate of drug-likeness (QED) is 0.421. The summed E-state index contributed by atoms with van der Waals surface area (Å²) in [5.74, 6) is -0.352. The van der Waals surface area contributed by atoms with E-state index < -0.39 is 16.5 Å². The molecule has 142 valence electrons. The summed E-state index contributed by atoms with van der Waals surface area (Å²) in [4.78, 5) is 31.1. The summed E-state index contributed by atoms with van der Waals surface area (Å²) >= 11 is 0. The largest absolute Gasteiger partial charge is 0.496 e. The van der Waals surface area contributed by atoms with Gasteiger partial charge < -0.3 is 10.1 Å². The Hall–Kier alpha value is -4.21. The van der Waals surface area contributed by atoms with Crippen molar-refractivity contribution < 1.29 is 14.5 Å². The Kier molecular flexibility index (Phi) is 5.60. The van der Waals surface area contributed by atoms with Crippen LogP contribution in [0.25, 0.3) is 0 Å². The smallest absolute Gasteiger partial charge is 0.355 e. The van der Waals surface area contributed by atoms with Crippen LogP contribution in [0, 0.1) is 10.1 Å². The first-order valence-electron chi connectivity index (χ1n) is 8.11. The van der Waals surface area contributed by atoms with E-state index in [-0.39, 0.29) is 17.2 Å². The van der Waals surface area contributed by atoms with Crippen LogP contribution in [0.5, 0.6) is 5.75 Å². The third-order valence-electron chi connectivity index (χ3n) is 3.69. The minimum Gasteiger partial charge on any atom is -0.496 e. The molecule has 0 spiro atoms. The topological polar surface area (TPSA) is 131 Å². The number of amides is 1. The molecule has 10 heteroatoms. The summed E-state index contributed by atoms with van der Waals surface area (Å²) in [6.07, 6.45) is 1.15. The van der Waals surface area contributed by atoms with Crippen molar-refractivity contribution >= 4 is 28.9 Å². The molecule has 0 aliphatic carbocycles. The van der Waals surface area contributed by atoms with Crippen LogP contribution in [0.4, 0.5) is 23.0 Å². The van der Waals surface area contributed by atoms with E-state index in [1.54, 1.807) is 48.5 Å². The standard InChI is InChI=1S/C18H16N6O4/c1-28-14-10-6-5-9-13(14)18(25)23-22-17-15(24(26)27)16(19-11-20-17)21-12-7-3-2-4-8-12/h2-11H,1H3,(H,23,25)(H2,19,20,21,22). The van der Waals surface area contributed by atoms with Gasteiger partial charge in [0.15, 0.2) is 0 Å². The number of methoxy groups -OCH3 is 1. The highest BCUT2D eigenvalue weighted by Gasteiger charge is 2.24. The predicted octanol–water partition coefficient (Wildman–Crippen LogP) is 2.89. The highest BCUT2D eigenvalue weighted by Crippen LogP contribution is 2.30. The van der Waals surface area contributed by atoms with Gasteiger partial charge in [0.25, 0.3) is 5.91 Å². The number of hydrogen-bond acceptors (Lipinski definition) is 8. The summed E-state index contributed by atoms with van der Waals surface area (Å²) in [5.41, 5.74) is 5.34. The highest BCUT2D eigenvalue weighted by molar-refractivity contribution is 5.97. The van der Waals surface area contributed by atoms with Gasteiger partial charge in [0, 0.05) is 5.69 Å². The molecule has 0 atom stereocenters. The highest BCUT2D eigenvalue weighted by atomic mass is 16.6. The number of para-hydroxylation sites is 2. The molecule has 0 fully saturated rings. The van der Waals surface area contributed by atoms with Gasteiger partial charge in [-0.15, -0.1) is 0 Å². The Balaban J connectivity index is 1.83. The molecular formula is C18H16N6O4. The zero-order valence-corrected chi connectivity index (χ0v) is 14.7. The molecule has 0 radical (unpaired) electrons. The lowest BCUT2D eigenvalue weighted by atomic mass is 10.2. The zero-order chi connectivity index (χ0) is 19.9. The monoisotopic (exact) mass is 380 g/mol. The van der Waals surface area contributed by atoms with Crippen molar-refractivity contribution in [2.24, 2.45) is 0 Å². The number of nitrogens with zero attached hydrogens (tertiary/aromatic N) is 3. The fourth-order valence-electron chi connectivity index (χ4n) is 2.41. The average Bonchev–Trinajstić information content (AvgIpc) is 2.72. The van der Waals surface area contributed by atoms with E-state index in [1.807, 2.05) is 6.07 Å². The average molecular weight is 380 g/mol. The molecule has 10 nitrogen and oxygen atoms in total. The van der Waals surface area contributed by atoms with Crippen molar-refractivity contribution in [1.82, 2.24) is 15.4 Å². The summed E-state index contributed by atoms with van der Waals surface area (Å²) in [7, 11) is 1.44. The maximum absolute atomic E-state index is 12.4. The maximum atomic E-state index is 12.4. The fourth-order valence-corrected chi connectivity index (χ4v) is 2.41. The zero-order valence-electron chi connectivity index (χ0n) is 14.7. The van der Waals surface area contributed by atoms with Crippen LogP contribution in [-0.4, -0.2) is 27.9 Å². The number of anilines is 3. The van der Waals surface area contributed by atoms with E-state index in [0.29, 0.717) is 11.4 Å². The van der Waals surface area contributed by atoms with Crippen LogP contribution in [0.1, 0.15) is 10.4 Å². The van der Waals surface area contributed by atoms with Gasteiger partial charge in [0.1, 0.15) is 12.1 Å². The Labute approximate surface area is 159 Å². The Morgan fingerprint density at radius 2 is 1.71 bits per heavy atom. The third kappa shape index (κ3) is 4.12. The van der Waals surface area contributed by atoms with Gasteiger partial charge in [-0.25, -0.2) is 9.97 Å². The first-order valence-corrected chi connectivity index (χ1v) is 8.11. The Bertz CT molecular complexity index is 996. The normalized spacial score (nSPS) is 10.0. The predicted molar refractivity (Wildman–Crippen MR) is 102 cm³/mol. The van der Waals surface area contributed by atoms with Crippen molar-refractivity contribution in [3.05, 3.63) is 76.6 Å². The van der Waals surface area contributed by atoms with Gasteiger partial charge >= 0.3 is 5.69 Å². The van der Waals surface area contributed by atoms with Gasteiger partial charge in [0.2, 0.25) is 11.6 Å². The molecule has 0 saturated heterocycles. The number of nitrogens with one attached hydrogen (secondary N) is 3. The second kappa shape index (κ2) is 8.45. The fraction of sp³-hybridized carbons (Fsp3) is 0.0556. The van der Waals surface area contributed by atoms with Crippen LogP contribution in [0.15, 0.2) is 60.9 Å². The van der Waals surface area contributed by atoms with E-state index in [2.05, 4.69) is 26.1 Å². The third-order valence-corrected chi connectivity index (χ3v) is 3.69. The van der Waals surface area contributed by atoms with Gasteiger partial charge in [-0.3, -0.25) is 25.8 Å². The van der Waals surface area contributed by atoms with Crippen molar-refractivity contribution in [3.63, 3.8) is 0 Å². The molecule has 28 heavy (non-hydrogen) atoms. The van der Waals surface area contributed by atoms with Crippen LogP contribution in [-0.2, 0) is 0 Å². The molecule has 0 aliphatic heterocycles. The molecule has 1 amide bonds. The van der Waals surface area contributed by atoms with Gasteiger partial charge in [-0.2, -0.15) is 0 Å². The summed E-state index contributed by atoms with van der Waals surface area (Å²) < 4.78 is 5.13.